The molecule has 0 aromatic carbocycles. The van der Waals surface area contributed by atoms with E-state index >= 15 is 0 Å². The molecule has 4 rings (SSSR count). The lowest BCUT2D eigenvalue weighted by Crippen LogP contribution is -2.59. The standard InChI is InChI=1S/C33H54N6O11/c1-4-5-6-7-8-9-10-11-12-15-35-29(45)19-13-16-37(2)22(30(46)38(19)3)27(50-32-26(44)23(41)20(18-34)48-32)28-24(42)25(43)31(49-28)39-17-14-21(40)36-33(39)47/h13-14,17,20,22-28,31-32,41-44H,4-12,15-16,18,34H2,1-3H3,(H,35,45)(H,36,40,47)/t20-,22+,23-,24+,25-,26-,27+,28+,31-,32+/m1/s1. The van der Waals surface area contributed by atoms with Crippen LogP contribution in [0.5, 0.6) is 0 Å². The van der Waals surface area contributed by atoms with Crippen molar-refractivity contribution in [3.63, 3.8) is 0 Å². The second kappa shape index (κ2) is 18.5. The molecule has 0 bridgehead atoms. The third kappa shape index (κ3) is 9.26. The predicted octanol–water partition coefficient (Wildman–Crippen LogP) is -1.75. The van der Waals surface area contributed by atoms with Gasteiger partial charge in [-0.3, -0.25) is 28.8 Å². The molecule has 4 heterocycles. The van der Waals surface area contributed by atoms with E-state index in [0.29, 0.717) is 6.54 Å². The Balaban J connectivity index is 1.50. The number of unbranched alkanes of at least 4 members (excludes halogenated alkanes) is 8. The number of aliphatic hydroxyl groups excluding tert-OH is 4. The van der Waals surface area contributed by atoms with Gasteiger partial charge in [-0.1, -0.05) is 58.3 Å². The van der Waals surface area contributed by atoms with E-state index in [1.165, 1.54) is 44.1 Å². The molecule has 2 saturated heterocycles. The van der Waals surface area contributed by atoms with E-state index in [0.717, 1.165) is 42.5 Å². The van der Waals surface area contributed by atoms with Crippen molar-refractivity contribution in [2.45, 2.75) is 126 Å². The van der Waals surface area contributed by atoms with Gasteiger partial charge in [0.1, 0.15) is 54.5 Å². The molecule has 282 valence electrons. The zero-order chi connectivity index (χ0) is 36.5. The molecule has 8 N–H and O–H groups in total. The molecular weight excluding hydrogens is 656 g/mol. The van der Waals surface area contributed by atoms with Crippen molar-refractivity contribution >= 4 is 11.8 Å². The van der Waals surface area contributed by atoms with Crippen LogP contribution >= 0.6 is 0 Å². The van der Waals surface area contributed by atoms with Gasteiger partial charge in [0, 0.05) is 38.9 Å². The third-order valence-electron chi connectivity index (χ3n) is 9.67. The molecule has 3 aliphatic rings. The summed E-state index contributed by atoms with van der Waals surface area (Å²) in [5, 5.41) is 46.4. The van der Waals surface area contributed by atoms with E-state index in [9.17, 15) is 39.6 Å². The van der Waals surface area contributed by atoms with Gasteiger partial charge in [-0.2, -0.15) is 0 Å². The third-order valence-corrected chi connectivity index (χ3v) is 9.67. The van der Waals surface area contributed by atoms with Gasteiger partial charge < -0.3 is 50.6 Å². The van der Waals surface area contributed by atoms with Crippen molar-refractivity contribution in [2.75, 3.05) is 33.7 Å². The minimum atomic E-state index is -1.75. The van der Waals surface area contributed by atoms with E-state index in [2.05, 4.69) is 17.2 Å². The molecule has 3 aliphatic heterocycles. The van der Waals surface area contributed by atoms with Crippen molar-refractivity contribution < 1.29 is 44.2 Å². The summed E-state index contributed by atoms with van der Waals surface area (Å²) in [4.78, 5) is 56.5. The number of nitrogens with two attached hydrogens (primary N) is 1. The van der Waals surface area contributed by atoms with Crippen molar-refractivity contribution in [1.29, 1.82) is 0 Å². The van der Waals surface area contributed by atoms with E-state index < -0.39 is 84.4 Å². The van der Waals surface area contributed by atoms with E-state index in [-0.39, 0.29) is 18.8 Å². The average molecular weight is 711 g/mol. The Kier molecular flexibility index (Phi) is 14.7. The number of ether oxygens (including phenoxy) is 3. The highest BCUT2D eigenvalue weighted by molar-refractivity contribution is 5.99. The van der Waals surface area contributed by atoms with Crippen molar-refractivity contribution in [1.82, 2.24) is 24.7 Å². The van der Waals surface area contributed by atoms with Crippen LogP contribution in [0.3, 0.4) is 0 Å². The molecule has 17 heteroatoms. The minimum absolute atomic E-state index is 0.0672. The molecule has 1 aromatic rings. The molecule has 0 radical (unpaired) electrons. The topological polar surface area (TPSA) is 242 Å². The Bertz CT molecular complexity index is 1420. The van der Waals surface area contributed by atoms with Crippen LogP contribution in [0, 0.1) is 0 Å². The largest absolute Gasteiger partial charge is 0.387 e. The molecule has 50 heavy (non-hydrogen) atoms. The summed E-state index contributed by atoms with van der Waals surface area (Å²) in [5.74, 6) is -1.08. The van der Waals surface area contributed by atoms with Crippen LogP contribution in [0.4, 0.5) is 0 Å². The molecular formula is C33H54N6O11. The number of aromatic amines is 1. The number of likely N-dealkylation sites (N-methyl/N-ethyl adjacent to an activating group) is 2. The molecule has 0 aliphatic carbocycles. The molecule has 0 unspecified atom stereocenters. The summed E-state index contributed by atoms with van der Waals surface area (Å²) in [7, 11) is 3.01. The number of rotatable bonds is 17. The number of aromatic nitrogens is 2. The molecule has 0 saturated carbocycles. The fourth-order valence-electron chi connectivity index (χ4n) is 6.67. The monoisotopic (exact) mass is 710 g/mol. The van der Waals surface area contributed by atoms with E-state index in [1.54, 1.807) is 18.0 Å². The highest BCUT2D eigenvalue weighted by Gasteiger charge is 2.55. The van der Waals surface area contributed by atoms with Gasteiger partial charge in [0.2, 0.25) is 5.91 Å². The van der Waals surface area contributed by atoms with Gasteiger partial charge in [-0.05, 0) is 19.5 Å². The first-order chi connectivity index (χ1) is 23.9. The lowest BCUT2D eigenvalue weighted by atomic mass is 9.97. The number of nitrogens with one attached hydrogen (secondary N) is 2. The maximum Gasteiger partial charge on any atom is 0.330 e. The van der Waals surface area contributed by atoms with Crippen LogP contribution in [-0.4, -0.2) is 140 Å². The summed E-state index contributed by atoms with van der Waals surface area (Å²) in [6.07, 6.45) is -0.702. The number of H-pyrrole nitrogens is 1. The Morgan fingerprint density at radius 2 is 1.64 bits per heavy atom. The van der Waals surface area contributed by atoms with Gasteiger partial charge in [-0.15, -0.1) is 0 Å². The van der Waals surface area contributed by atoms with Crippen LogP contribution in [0.25, 0.3) is 0 Å². The number of aliphatic hydroxyl groups is 4. The van der Waals surface area contributed by atoms with Crippen molar-refractivity contribution in [2.24, 2.45) is 5.73 Å². The summed E-state index contributed by atoms with van der Waals surface area (Å²) in [6.45, 7) is 2.54. The molecule has 2 amide bonds. The normalized spacial score (nSPS) is 31.1. The number of nitrogens with zero attached hydrogens (tertiary/aromatic N) is 3. The van der Waals surface area contributed by atoms with E-state index in [1.807, 2.05) is 0 Å². The fourth-order valence-corrected chi connectivity index (χ4v) is 6.67. The summed E-state index contributed by atoms with van der Waals surface area (Å²) >= 11 is 0. The number of hydrogen-bond donors (Lipinski definition) is 7. The summed E-state index contributed by atoms with van der Waals surface area (Å²) in [5.41, 5.74) is 4.18. The van der Waals surface area contributed by atoms with Crippen LogP contribution in [0.2, 0.25) is 0 Å². The Morgan fingerprint density at radius 1 is 0.980 bits per heavy atom. The first kappa shape index (κ1) is 39.8. The Hall–Kier alpha value is -3.00. The SMILES string of the molecule is CCCCCCCCCCCNC(=O)C1=CCN(C)[C@@H]([C@H](O[C@@H]2O[C@H](CN)[C@@H](O)[C@H]2O)[C@H]2O[C@@H](n3ccc(=O)[nH]c3=O)[C@H](O)[C@@H]2O)C(=O)N1C. The van der Waals surface area contributed by atoms with Gasteiger partial charge in [-0.25, -0.2) is 4.79 Å². The number of hydrogen-bond acceptors (Lipinski definition) is 13. The zero-order valence-corrected chi connectivity index (χ0v) is 29.1. The first-order valence-corrected chi connectivity index (χ1v) is 17.6. The second-order valence-corrected chi connectivity index (χ2v) is 13.3. The maximum atomic E-state index is 14.2. The molecule has 2 fully saturated rings. The molecule has 1 aromatic heterocycles. The van der Waals surface area contributed by atoms with Gasteiger partial charge in [0.25, 0.3) is 11.5 Å². The quantitative estimate of drug-likeness (QED) is 0.0889. The number of carbonyl (C=O) groups excluding carboxylic acids is 2. The van der Waals surface area contributed by atoms with E-state index in [4.69, 9.17) is 19.9 Å². The van der Waals surface area contributed by atoms with Crippen molar-refractivity contribution in [3.05, 3.63) is 44.9 Å². The van der Waals surface area contributed by atoms with Crippen LogP contribution in [-0.2, 0) is 23.8 Å². The lowest BCUT2D eigenvalue weighted by molar-refractivity contribution is -0.232. The Morgan fingerprint density at radius 3 is 2.26 bits per heavy atom. The Labute approximate surface area is 291 Å². The highest BCUT2D eigenvalue weighted by Crippen LogP contribution is 2.36. The fraction of sp³-hybridized carbons (Fsp3) is 0.758. The van der Waals surface area contributed by atoms with Gasteiger partial charge >= 0.3 is 5.69 Å². The number of amides is 2. The van der Waals surface area contributed by atoms with Crippen LogP contribution < -0.4 is 22.3 Å². The van der Waals surface area contributed by atoms with Crippen LogP contribution in [0.1, 0.15) is 70.9 Å². The van der Waals surface area contributed by atoms with Gasteiger partial charge in [0.15, 0.2) is 12.5 Å². The summed E-state index contributed by atoms with van der Waals surface area (Å²) in [6, 6.07) is -0.269. The minimum Gasteiger partial charge on any atom is -0.387 e. The molecule has 17 nitrogen and oxygen atoms in total. The first-order valence-electron chi connectivity index (χ1n) is 17.6. The van der Waals surface area contributed by atoms with Gasteiger partial charge in [0.05, 0.1) is 0 Å². The predicted molar refractivity (Wildman–Crippen MR) is 179 cm³/mol. The average Bonchev–Trinajstić information content (AvgIpc) is 3.49. The number of carbonyl (C=O) groups is 2. The highest BCUT2D eigenvalue weighted by atomic mass is 16.7. The molecule has 0 spiro atoms. The smallest absolute Gasteiger partial charge is 0.330 e. The lowest BCUT2D eigenvalue weighted by Gasteiger charge is -2.38. The summed E-state index contributed by atoms with van der Waals surface area (Å²) < 4.78 is 18.7. The van der Waals surface area contributed by atoms with Crippen molar-refractivity contribution in [3.8, 4) is 0 Å². The second-order valence-electron chi connectivity index (χ2n) is 13.3. The van der Waals surface area contributed by atoms with Crippen LogP contribution in [0.15, 0.2) is 33.6 Å². The maximum absolute atomic E-state index is 14.2. The molecule has 10 atom stereocenters. The zero-order valence-electron chi connectivity index (χ0n) is 29.1.